The average molecular weight is 209 g/mol. The Morgan fingerprint density at radius 2 is 2.27 bits per heavy atom. The molecule has 0 atom stereocenters. The average Bonchev–Trinajstić information content (AvgIpc) is 2.19. The monoisotopic (exact) mass is 209 g/mol. The summed E-state index contributed by atoms with van der Waals surface area (Å²) in [5, 5.41) is 0. The smallest absolute Gasteiger partial charge is 0.292 e. The SMILES string of the molecule is CCOc1cccn(CCC(C)=O)c1=O. The summed E-state index contributed by atoms with van der Waals surface area (Å²) in [6.45, 7) is 4.21. The van der Waals surface area contributed by atoms with Crippen molar-refractivity contribution in [1.29, 1.82) is 0 Å². The van der Waals surface area contributed by atoms with Crippen LogP contribution in [0.1, 0.15) is 20.3 Å². The van der Waals surface area contributed by atoms with Crippen LogP contribution in [0.5, 0.6) is 5.75 Å². The maximum Gasteiger partial charge on any atom is 0.292 e. The van der Waals surface area contributed by atoms with E-state index in [1.165, 1.54) is 11.5 Å². The second-order valence-electron chi connectivity index (χ2n) is 3.26. The quantitative estimate of drug-likeness (QED) is 0.732. The molecule has 0 saturated carbocycles. The number of ketones is 1. The number of hydrogen-bond acceptors (Lipinski definition) is 3. The van der Waals surface area contributed by atoms with Crippen LogP contribution in [0.4, 0.5) is 0 Å². The van der Waals surface area contributed by atoms with Crippen LogP contribution in [0.2, 0.25) is 0 Å². The Kier molecular flexibility index (Phi) is 4.09. The number of rotatable bonds is 5. The van der Waals surface area contributed by atoms with E-state index in [2.05, 4.69) is 0 Å². The van der Waals surface area contributed by atoms with Gasteiger partial charge in [-0.25, -0.2) is 0 Å². The summed E-state index contributed by atoms with van der Waals surface area (Å²) in [4.78, 5) is 22.5. The van der Waals surface area contributed by atoms with Gasteiger partial charge in [-0.2, -0.15) is 0 Å². The Bertz CT molecular complexity index is 395. The molecule has 0 fully saturated rings. The first-order chi connectivity index (χ1) is 7.15. The summed E-state index contributed by atoms with van der Waals surface area (Å²) in [7, 11) is 0. The molecule has 0 aliphatic rings. The third kappa shape index (κ3) is 3.23. The Labute approximate surface area is 88.5 Å². The van der Waals surface area contributed by atoms with Gasteiger partial charge >= 0.3 is 0 Å². The van der Waals surface area contributed by atoms with Crippen molar-refractivity contribution >= 4 is 5.78 Å². The van der Waals surface area contributed by atoms with Gasteiger partial charge in [-0.3, -0.25) is 9.59 Å². The Morgan fingerprint density at radius 3 is 2.87 bits per heavy atom. The van der Waals surface area contributed by atoms with Crippen LogP contribution in [0.15, 0.2) is 23.1 Å². The topological polar surface area (TPSA) is 48.3 Å². The van der Waals surface area contributed by atoms with Gasteiger partial charge in [-0.15, -0.1) is 0 Å². The van der Waals surface area contributed by atoms with Crippen molar-refractivity contribution in [3.05, 3.63) is 28.7 Å². The highest BCUT2D eigenvalue weighted by molar-refractivity contribution is 5.75. The second-order valence-corrected chi connectivity index (χ2v) is 3.26. The number of carbonyl (C=O) groups is 1. The third-order valence-electron chi connectivity index (χ3n) is 1.99. The molecule has 0 bridgehead atoms. The van der Waals surface area contributed by atoms with Crippen LogP contribution in [0.3, 0.4) is 0 Å². The summed E-state index contributed by atoms with van der Waals surface area (Å²) in [5.74, 6) is 0.410. The van der Waals surface area contributed by atoms with Gasteiger partial charge in [0.05, 0.1) is 6.61 Å². The van der Waals surface area contributed by atoms with Gasteiger partial charge in [0.1, 0.15) is 5.78 Å². The molecule has 1 rings (SSSR count). The lowest BCUT2D eigenvalue weighted by atomic mass is 10.3. The van der Waals surface area contributed by atoms with Crippen molar-refractivity contribution in [2.75, 3.05) is 6.61 Å². The lowest BCUT2D eigenvalue weighted by Crippen LogP contribution is -2.22. The molecule has 1 aromatic rings. The van der Waals surface area contributed by atoms with Gasteiger partial charge in [0.15, 0.2) is 5.75 Å². The molecule has 4 nitrogen and oxygen atoms in total. The molecule has 0 radical (unpaired) electrons. The number of pyridine rings is 1. The standard InChI is InChI=1S/C11H15NO3/c1-3-15-10-5-4-7-12(11(10)14)8-6-9(2)13/h4-5,7H,3,6,8H2,1-2H3. The van der Waals surface area contributed by atoms with E-state index in [-0.39, 0.29) is 11.3 Å². The number of ether oxygens (including phenoxy) is 1. The molecular weight excluding hydrogens is 194 g/mol. The van der Waals surface area contributed by atoms with Crippen LogP contribution in [-0.2, 0) is 11.3 Å². The van der Waals surface area contributed by atoms with Crippen LogP contribution in [0, 0.1) is 0 Å². The predicted octanol–water partition coefficient (Wildman–Crippen LogP) is 1.23. The van der Waals surface area contributed by atoms with E-state index in [4.69, 9.17) is 4.74 Å². The highest BCUT2D eigenvalue weighted by Crippen LogP contribution is 2.02. The van der Waals surface area contributed by atoms with Crippen LogP contribution in [0.25, 0.3) is 0 Å². The molecule has 0 saturated heterocycles. The molecule has 82 valence electrons. The van der Waals surface area contributed by atoms with Crippen molar-refractivity contribution in [3.63, 3.8) is 0 Å². The molecule has 0 aliphatic heterocycles. The van der Waals surface area contributed by atoms with E-state index in [1.807, 2.05) is 6.92 Å². The van der Waals surface area contributed by atoms with E-state index in [0.29, 0.717) is 25.3 Å². The zero-order valence-corrected chi connectivity index (χ0v) is 9.03. The minimum absolute atomic E-state index is 0.0729. The first-order valence-corrected chi connectivity index (χ1v) is 4.97. The van der Waals surface area contributed by atoms with Crippen LogP contribution >= 0.6 is 0 Å². The minimum atomic E-state index is -0.180. The summed E-state index contributed by atoms with van der Waals surface area (Å²) in [5.41, 5.74) is -0.180. The van der Waals surface area contributed by atoms with Crippen molar-refractivity contribution in [3.8, 4) is 5.75 Å². The summed E-state index contributed by atoms with van der Waals surface area (Å²) < 4.78 is 6.66. The molecule has 4 heteroatoms. The van der Waals surface area contributed by atoms with Gasteiger partial charge in [0, 0.05) is 19.2 Å². The molecule has 0 spiro atoms. The third-order valence-corrected chi connectivity index (χ3v) is 1.99. The summed E-state index contributed by atoms with van der Waals surface area (Å²) in [6.07, 6.45) is 2.03. The zero-order valence-electron chi connectivity index (χ0n) is 9.03. The first kappa shape index (κ1) is 11.5. The van der Waals surface area contributed by atoms with Gasteiger partial charge in [0.25, 0.3) is 5.56 Å². The minimum Gasteiger partial charge on any atom is -0.488 e. The Balaban J connectivity index is 2.84. The van der Waals surface area contributed by atoms with Crippen molar-refractivity contribution in [2.45, 2.75) is 26.8 Å². The number of aromatic nitrogens is 1. The number of hydrogen-bond donors (Lipinski definition) is 0. The summed E-state index contributed by atoms with van der Waals surface area (Å²) in [6, 6.07) is 3.38. The van der Waals surface area contributed by atoms with E-state index >= 15 is 0 Å². The zero-order chi connectivity index (χ0) is 11.3. The number of aryl methyl sites for hydroxylation is 1. The maximum atomic E-state index is 11.7. The van der Waals surface area contributed by atoms with E-state index < -0.39 is 0 Å². The largest absolute Gasteiger partial charge is 0.488 e. The highest BCUT2D eigenvalue weighted by atomic mass is 16.5. The van der Waals surface area contributed by atoms with E-state index in [9.17, 15) is 9.59 Å². The van der Waals surface area contributed by atoms with Gasteiger partial charge in [0.2, 0.25) is 0 Å². The van der Waals surface area contributed by atoms with Crippen molar-refractivity contribution in [2.24, 2.45) is 0 Å². The van der Waals surface area contributed by atoms with Crippen LogP contribution in [-0.4, -0.2) is 17.0 Å². The second kappa shape index (κ2) is 5.34. The van der Waals surface area contributed by atoms with E-state index in [1.54, 1.807) is 18.3 Å². The van der Waals surface area contributed by atoms with E-state index in [0.717, 1.165) is 0 Å². The van der Waals surface area contributed by atoms with Gasteiger partial charge in [-0.1, -0.05) is 0 Å². The van der Waals surface area contributed by atoms with Crippen molar-refractivity contribution < 1.29 is 9.53 Å². The van der Waals surface area contributed by atoms with Crippen LogP contribution < -0.4 is 10.3 Å². The molecule has 0 aliphatic carbocycles. The maximum absolute atomic E-state index is 11.7. The predicted molar refractivity (Wildman–Crippen MR) is 57.2 cm³/mol. The number of Topliss-reactive ketones (excluding diaryl/α,β-unsaturated/α-hetero) is 1. The Hall–Kier alpha value is -1.58. The molecule has 0 aromatic carbocycles. The first-order valence-electron chi connectivity index (χ1n) is 4.97. The molecule has 15 heavy (non-hydrogen) atoms. The molecule has 1 aromatic heterocycles. The summed E-state index contributed by atoms with van der Waals surface area (Å²) >= 11 is 0. The fraction of sp³-hybridized carbons (Fsp3) is 0.455. The van der Waals surface area contributed by atoms with Gasteiger partial charge < -0.3 is 9.30 Å². The molecule has 0 N–H and O–H groups in total. The number of nitrogens with zero attached hydrogens (tertiary/aromatic N) is 1. The molecule has 0 amide bonds. The Morgan fingerprint density at radius 1 is 1.53 bits per heavy atom. The fourth-order valence-corrected chi connectivity index (χ4v) is 1.23. The molecular formula is C11H15NO3. The normalized spacial score (nSPS) is 10.0. The molecule has 0 unspecified atom stereocenters. The highest BCUT2D eigenvalue weighted by Gasteiger charge is 2.03. The fourth-order valence-electron chi connectivity index (χ4n) is 1.23. The lowest BCUT2D eigenvalue weighted by molar-refractivity contribution is -0.117. The molecule has 1 heterocycles. The lowest BCUT2D eigenvalue weighted by Gasteiger charge is -2.06. The van der Waals surface area contributed by atoms with Crippen molar-refractivity contribution in [1.82, 2.24) is 4.57 Å². The number of carbonyl (C=O) groups excluding carboxylic acids is 1. The van der Waals surface area contributed by atoms with Gasteiger partial charge in [-0.05, 0) is 26.0 Å².